The van der Waals surface area contributed by atoms with Gasteiger partial charge in [-0.25, -0.2) is 4.39 Å². The summed E-state index contributed by atoms with van der Waals surface area (Å²) in [6, 6.07) is 8.05. The summed E-state index contributed by atoms with van der Waals surface area (Å²) in [7, 11) is 0. The minimum absolute atomic E-state index is 0.00705. The molecule has 2 amide bonds. The first-order chi connectivity index (χ1) is 11.4. The number of hydrogen-bond acceptors (Lipinski definition) is 3. The number of nitrogens with zero attached hydrogens (tertiary/aromatic N) is 1. The number of rotatable bonds is 2. The molecule has 1 saturated heterocycles. The predicted octanol–water partition coefficient (Wildman–Crippen LogP) is 2.15. The number of hydrogen-bond donors (Lipinski definition) is 2. The van der Waals surface area contributed by atoms with E-state index in [1.54, 1.807) is 12.1 Å². The first-order valence-corrected chi connectivity index (χ1v) is 7.61. The summed E-state index contributed by atoms with van der Waals surface area (Å²) in [5, 5.41) is 4.78. The van der Waals surface area contributed by atoms with Crippen molar-refractivity contribution in [2.45, 2.75) is 13.8 Å². The lowest BCUT2D eigenvalue weighted by molar-refractivity contribution is -0.123. The van der Waals surface area contributed by atoms with Gasteiger partial charge in [0.2, 0.25) is 0 Å². The number of aromatic nitrogens is 1. The Morgan fingerprint density at radius 1 is 1.12 bits per heavy atom. The number of carbonyl (C=O) groups excluding carboxylic acids is 2. The fourth-order valence-electron chi connectivity index (χ4n) is 2.71. The molecular weight excluding hydrogens is 329 g/mol. The lowest BCUT2D eigenvalue weighted by Gasteiger charge is -2.16. The number of benzene rings is 1. The van der Waals surface area contributed by atoms with Gasteiger partial charge in [0.05, 0.1) is 0 Å². The molecule has 2 aromatic rings. The minimum atomic E-state index is -0.542. The second-order valence-electron chi connectivity index (χ2n) is 5.44. The van der Waals surface area contributed by atoms with Gasteiger partial charge in [0.15, 0.2) is 5.11 Å². The van der Waals surface area contributed by atoms with Crippen LogP contribution in [0, 0.1) is 19.7 Å². The van der Waals surface area contributed by atoms with Crippen LogP contribution < -0.4 is 10.6 Å². The molecule has 7 heteroatoms. The summed E-state index contributed by atoms with van der Waals surface area (Å²) in [4.78, 5) is 23.9. The van der Waals surface area contributed by atoms with Crippen molar-refractivity contribution in [1.82, 2.24) is 15.2 Å². The van der Waals surface area contributed by atoms with E-state index in [2.05, 4.69) is 10.6 Å². The van der Waals surface area contributed by atoms with Crippen LogP contribution in [0.1, 0.15) is 17.0 Å². The number of aryl methyl sites for hydroxylation is 1. The monoisotopic (exact) mass is 343 g/mol. The third-order valence-electron chi connectivity index (χ3n) is 3.78. The molecule has 1 aliphatic heterocycles. The quantitative estimate of drug-likeness (QED) is 0.499. The van der Waals surface area contributed by atoms with Gasteiger partial charge in [0.25, 0.3) is 11.8 Å². The van der Waals surface area contributed by atoms with E-state index >= 15 is 0 Å². The zero-order chi connectivity index (χ0) is 17.4. The highest BCUT2D eigenvalue weighted by Crippen LogP contribution is 2.23. The zero-order valence-electron chi connectivity index (χ0n) is 13.0. The van der Waals surface area contributed by atoms with Crippen molar-refractivity contribution >= 4 is 35.2 Å². The molecule has 2 N–H and O–H groups in total. The maximum atomic E-state index is 13.5. The first-order valence-electron chi connectivity index (χ1n) is 7.20. The van der Waals surface area contributed by atoms with Crippen LogP contribution >= 0.6 is 12.2 Å². The number of amides is 2. The van der Waals surface area contributed by atoms with Crippen molar-refractivity contribution in [3.63, 3.8) is 0 Å². The number of nitrogens with one attached hydrogen (secondary N) is 2. The minimum Gasteiger partial charge on any atom is -0.318 e. The smallest absolute Gasteiger partial charge is 0.263 e. The van der Waals surface area contributed by atoms with Crippen LogP contribution in [0.15, 0.2) is 35.9 Å². The molecule has 24 heavy (non-hydrogen) atoms. The van der Waals surface area contributed by atoms with Gasteiger partial charge in [0.1, 0.15) is 11.4 Å². The van der Waals surface area contributed by atoms with Crippen LogP contribution in [0.3, 0.4) is 0 Å². The molecule has 1 aromatic carbocycles. The Balaban J connectivity index is 2.07. The molecule has 0 spiro atoms. The van der Waals surface area contributed by atoms with E-state index < -0.39 is 11.8 Å². The first kappa shape index (κ1) is 16.1. The maximum absolute atomic E-state index is 13.5. The van der Waals surface area contributed by atoms with E-state index in [9.17, 15) is 14.0 Å². The molecule has 0 bridgehead atoms. The van der Waals surface area contributed by atoms with Gasteiger partial charge in [-0.2, -0.15) is 0 Å². The third-order valence-corrected chi connectivity index (χ3v) is 3.98. The lowest BCUT2D eigenvalue weighted by atomic mass is 10.1. The highest BCUT2D eigenvalue weighted by Gasteiger charge is 2.26. The Hall–Kier alpha value is -2.80. The molecular formula is C17H14FN3O2S. The molecule has 5 nitrogen and oxygen atoms in total. The normalized spacial score (nSPS) is 14.5. The number of halogens is 1. The van der Waals surface area contributed by atoms with Gasteiger partial charge in [-0.3, -0.25) is 20.2 Å². The molecule has 1 aliphatic rings. The second kappa shape index (κ2) is 6.01. The Bertz CT molecular complexity index is 893. The van der Waals surface area contributed by atoms with E-state index in [-0.39, 0.29) is 16.5 Å². The van der Waals surface area contributed by atoms with Crippen molar-refractivity contribution in [2.24, 2.45) is 0 Å². The van der Waals surface area contributed by atoms with E-state index in [1.807, 2.05) is 24.5 Å². The SMILES string of the molecule is Cc1cc(C=C2C(=O)NC(=S)NC2=O)c(C)n1-c1cccc(F)c1. The molecule has 2 heterocycles. The van der Waals surface area contributed by atoms with Gasteiger partial charge >= 0.3 is 0 Å². The van der Waals surface area contributed by atoms with E-state index in [4.69, 9.17) is 12.2 Å². The van der Waals surface area contributed by atoms with Crippen LogP contribution in [0.4, 0.5) is 4.39 Å². The van der Waals surface area contributed by atoms with Gasteiger partial charge in [-0.1, -0.05) is 6.07 Å². The van der Waals surface area contributed by atoms with Gasteiger partial charge in [-0.15, -0.1) is 0 Å². The molecule has 3 rings (SSSR count). The van der Waals surface area contributed by atoms with Crippen LogP contribution in [-0.4, -0.2) is 21.5 Å². The Morgan fingerprint density at radius 3 is 2.42 bits per heavy atom. The zero-order valence-corrected chi connectivity index (χ0v) is 13.8. The standard InChI is InChI=1S/C17H14FN3O2S/c1-9-6-11(7-14-15(22)19-17(24)20-16(14)23)10(2)21(9)13-5-3-4-12(18)8-13/h3-8H,1-2H3,(H2,19,20,22,23,24). The molecule has 0 atom stereocenters. The molecule has 0 aliphatic carbocycles. The fraction of sp³-hybridized carbons (Fsp3) is 0.118. The van der Waals surface area contributed by atoms with Gasteiger partial charge < -0.3 is 4.57 Å². The molecule has 0 unspecified atom stereocenters. The third kappa shape index (κ3) is 2.85. The highest BCUT2D eigenvalue weighted by atomic mass is 32.1. The highest BCUT2D eigenvalue weighted by molar-refractivity contribution is 7.80. The van der Waals surface area contributed by atoms with Crippen LogP contribution in [0.5, 0.6) is 0 Å². The van der Waals surface area contributed by atoms with E-state index in [0.29, 0.717) is 11.3 Å². The number of thiocarbonyl (C=S) groups is 1. The molecule has 122 valence electrons. The van der Waals surface area contributed by atoms with Crippen molar-refractivity contribution in [3.05, 3.63) is 58.7 Å². The number of carbonyl (C=O) groups is 2. The summed E-state index contributed by atoms with van der Waals surface area (Å²) in [6.45, 7) is 3.71. The molecule has 0 saturated carbocycles. The van der Waals surface area contributed by atoms with Crippen LogP contribution in [-0.2, 0) is 9.59 Å². The molecule has 0 radical (unpaired) electrons. The Kier molecular flexibility index (Phi) is 4.02. The Labute approximate surface area is 143 Å². The molecule has 1 aromatic heterocycles. The van der Waals surface area contributed by atoms with Crippen molar-refractivity contribution in [2.75, 3.05) is 0 Å². The summed E-state index contributed by atoms with van der Waals surface area (Å²) in [5.74, 6) is -1.42. The predicted molar refractivity (Wildman–Crippen MR) is 92.1 cm³/mol. The summed E-state index contributed by atoms with van der Waals surface area (Å²) < 4.78 is 15.4. The maximum Gasteiger partial charge on any atom is 0.263 e. The average Bonchev–Trinajstić information content (AvgIpc) is 2.77. The average molecular weight is 343 g/mol. The largest absolute Gasteiger partial charge is 0.318 e. The summed E-state index contributed by atoms with van der Waals surface area (Å²) in [6.07, 6.45) is 1.50. The lowest BCUT2D eigenvalue weighted by Crippen LogP contribution is -2.51. The summed E-state index contributed by atoms with van der Waals surface area (Å²) >= 11 is 4.77. The van der Waals surface area contributed by atoms with Gasteiger partial charge in [-0.05, 0) is 62.0 Å². The van der Waals surface area contributed by atoms with Crippen LogP contribution in [0.25, 0.3) is 11.8 Å². The summed E-state index contributed by atoms with van der Waals surface area (Å²) in [5.41, 5.74) is 3.00. The van der Waals surface area contributed by atoms with Gasteiger partial charge in [0, 0.05) is 17.1 Å². The van der Waals surface area contributed by atoms with Crippen LogP contribution in [0.2, 0.25) is 0 Å². The van der Waals surface area contributed by atoms with E-state index in [0.717, 1.165) is 11.4 Å². The van der Waals surface area contributed by atoms with Crippen molar-refractivity contribution in [1.29, 1.82) is 0 Å². The van der Waals surface area contributed by atoms with Crippen molar-refractivity contribution in [3.8, 4) is 5.69 Å². The topological polar surface area (TPSA) is 63.1 Å². The second-order valence-corrected chi connectivity index (χ2v) is 5.85. The molecule has 1 fully saturated rings. The van der Waals surface area contributed by atoms with Crippen molar-refractivity contribution < 1.29 is 14.0 Å². The fourth-order valence-corrected chi connectivity index (χ4v) is 2.89. The van der Waals surface area contributed by atoms with E-state index in [1.165, 1.54) is 18.2 Å². The Morgan fingerprint density at radius 2 is 1.79 bits per heavy atom.